The summed E-state index contributed by atoms with van der Waals surface area (Å²) >= 11 is 0. The van der Waals surface area contributed by atoms with E-state index in [2.05, 4.69) is 72.6 Å². The lowest BCUT2D eigenvalue weighted by Gasteiger charge is -2.28. The van der Waals surface area contributed by atoms with E-state index in [-0.39, 0.29) is 0 Å². The average Bonchev–Trinajstić information content (AvgIpc) is 2.73. The fourth-order valence-corrected chi connectivity index (χ4v) is 4.02. The van der Waals surface area contributed by atoms with Gasteiger partial charge in [0.25, 0.3) is 0 Å². The van der Waals surface area contributed by atoms with Gasteiger partial charge in [-0.25, -0.2) is 0 Å². The van der Waals surface area contributed by atoms with Gasteiger partial charge in [0.05, 0.1) is 12.4 Å². The molecule has 2 aromatic rings. The highest BCUT2D eigenvalue weighted by Gasteiger charge is 2.20. The summed E-state index contributed by atoms with van der Waals surface area (Å²) in [6.07, 6.45) is 12.7. The van der Waals surface area contributed by atoms with Crippen molar-refractivity contribution in [1.82, 2.24) is 0 Å². The smallest absolute Gasteiger partial charge is 0.0568 e. The quantitative estimate of drug-likeness (QED) is 0.384. The molecule has 0 atom stereocenters. The number of aryl methyl sites for hydroxylation is 1. The van der Waals surface area contributed by atoms with Gasteiger partial charge in [-0.2, -0.15) is 10.2 Å². The molecular formula is C25H32N2. The van der Waals surface area contributed by atoms with Crippen molar-refractivity contribution in [1.29, 1.82) is 0 Å². The second-order valence-corrected chi connectivity index (χ2v) is 7.77. The molecule has 142 valence electrons. The summed E-state index contributed by atoms with van der Waals surface area (Å²) in [6, 6.07) is 17.4. The Morgan fingerprint density at radius 1 is 0.778 bits per heavy atom. The van der Waals surface area contributed by atoms with E-state index in [9.17, 15) is 0 Å². The van der Waals surface area contributed by atoms with Crippen LogP contribution in [-0.2, 0) is 6.42 Å². The SMILES string of the molecule is CCCc1ccc(C=NN=Cc2ccc([C@H]3CC[C@H](CC)CC3)cc2)cc1. The molecule has 2 aromatic carbocycles. The molecule has 0 spiro atoms. The Morgan fingerprint density at radius 2 is 1.33 bits per heavy atom. The molecule has 1 fully saturated rings. The van der Waals surface area contributed by atoms with Gasteiger partial charge in [0.15, 0.2) is 0 Å². The predicted octanol–water partition coefficient (Wildman–Crippen LogP) is 6.78. The largest absolute Gasteiger partial charge is 0.159 e. The normalized spacial score (nSPS) is 20.5. The molecule has 1 aliphatic rings. The van der Waals surface area contributed by atoms with Gasteiger partial charge in [-0.15, -0.1) is 0 Å². The van der Waals surface area contributed by atoms with E-state index in [0.717, 1.165) is 29.4 Å². The minimum absolute atomic E-state index is 0.743. The molecule has 0 unspecified atom stereocenters. The summed E-state index contributed by atoms with van der Waals surface area (Å²) < 4.78 is 0. The van der Waals surface area contributed by atoms with E-state index in [0.29, 0.717) is 0 Å². The first-order valence-corrected chi connectivity index (χ1v) is 10.5. The second kappa shape index (κ2) is 10.2. The van der Waals surface area contributed by atoms with Crippen LogP contribution in [0.2, 0.25) is 0 Å². The summed E-state index contributed by atoms with van der Waals surface area (Å²) in [4.78, 5) is 0. The lowest BCUT2D eigenvalue weighted by molar-refractivity contribution is 0.319. The average molecular weight is 361 g/mol. The molecule has 2 nitrogen and oxygen atoms in total. The number of rotatable bonds is 7. The van der Waals surface area contributed by atoms with Crippen LogP contribution in [0.5, 0.6) is 0 Å². The van der Waals surface area contributed by atoms with Gasteiger partial charge >= 0.3 is 0 Å². The topological polar surface area (TPSA) is 24.7 Å². The molecule has 0 aromatic heterocycles. The fraction of sp³-hybridized carbons (Fsp3) is 0.440. The van der Waals surface area contributed by atoms with Crippen LogP contribution in [0.3, 0.4) is 0 Å². The van der Waals surface area contributed by atoms with Crippen LogP contribution < -0.4 is 0 Å². The Bertz CT molecular complexity index is 733. The number of benzene rings is 2. The van der Waals surface area contributed by atoms with Crippen molar-refractivity contribution >= 4 is 12.4 Å². The van der Waals surface area contributed by atoms with Gasteiger partial charge in [0.1, 0.15) is 0 Å². The summed E-state index contributed by atoms with van der Waals surface area (Å²) in [5, 5.41) is 8.39. The Hall–Kier alpha value is -2.22. The molecule has 1 saturated carbocycles. The second-order valence-electron chi connectivity index (χ2n) is 7.77. The van der Waals surface area contributed by atoms with Crippen LogP contribution in [0.25, 0.3) is 0 Å². The molecule has 0 radical (unpaired) electrons. The molecule has 3 rings (SSSR count). The van der Waals surface area contributed by atoms with Crippen LogP contribution in [0, 0.1) is 5.92 Å². The van der Waals surface area contributed by atoms with Crippen molar-refractivity contribution in [3.05, 3.63) is 70.8 Å². The van der Waals surface area contributed by atoms with Crippen molar-refractivity contribution in [3.63, 3.8) is 0 Å². The van der Waals surface area contributed by atoms with E-state index in [1.165, 1.54) is 49.7 Å². The van der Waals surface area contributed by atoms with Crippen molar-refractivity contribution in [2.75, 3.05) is 0 Å². The van der Waals surface area contributed by atoms with Gasteiger partial charge in [-0.3, -0.25) is 0 Å². The molecule has 27 heavy (non-hydrogen) atoms. The highest BCUT2D eigenvalue weighted by Crippen LogP contribution is 2.36. The molecule has 0 bridgehead atoms. The zero-order valence-corrected chi connectivity index (χ0v) is 16.8. The van der Waals surface area contributed by atoms with E-state index in [1.807, 2.05) is 12.4 Å². The Morgan fingerprint density at radius 3 is 1.85 bits per heavy atom. The molecule has 0 amide bonds. The van der Waals surface area contributed by atoms with Crippen molar-refractivity contribution in [3.8, 4) is 0 Å². The maximum atomic E-state index is 4.20. The Kier molecular flexibility index (Phi) is 7.38. The van der Waals surface area contributed by atoms with E-state index in [1.54, 1.807) is 0 Å². The molecule has 0 saturated heterocycles. The predicted molar refractivity (Wildman–Crippen MR) is 117 cm³/mol. The minimum atomic E-state index is 0.743. The lowest BCUT2D eigenvalue weighted by Crippen LogP contribution is -2.12. The minimum Gasteiger partial charge on any atom is -0.159 e. The van der Waals surface area contributed by atoms with Crippen molar-refractivity contribution in [2.45, 2.75) is 64.7 Å². The van der Waals surface area contributed by atoms with Gasteiger partial charge in [-0.1, -0.05) is 75.2 Å². The Labute approximate surface area is 164 Å². The summed E-state index contributed by atoms with van der Waals surface area (Å²) in [7, 11) is 0. The summed E-state index contributed by atoms with van der Waals surface area (Å²) in [5.74, 6) is 1.70. The van der Waals surface area contributed by atoms with E-state index in [4.69, 9.17) is 0 Å². The molecule has 0 heterocycles. The van der Waals surface area contributed by atoms with Crippen LogP contribution in [0.4, 0.5) is 0 Å². The Balaban J connectivity index is 1.52. The first-order valence-electron chi connectivity index (χ1n) is 10.5. The standard InChI is InChI=1S/C25H32N2/c1-3-5-21-6-8-22(9-7-21)18-26-27-19-23-12-16-25(17-13-23)24-14-10-20(4-2)11-15-24/h6-9,12-13,16-20,24H,3-5,10-11,14-15H2,1-2H3/t20-,24-. The maximum Gasteiger partial charge on any atom is 0.0568 e. The third-order valence-corrected chi connectivity index (χ3v) is 5.83. The van der Waals surface area contributed by atoms with Crippen molar-refractivity contribution in [2.24, 2.45) is 16.1 Å². The van der Waals surface area contributed by atoms with Crippen molar-refractivity contribution < 1.29 is 0 Å². The lowest BCUT2D eigenvalue weighted by atomic mass is 9.78. The van der Waals surface area contributed by atoms with Crippen LogP contribution in [0.1, 0.15) is 80.5 Å². The highest BCUT2D eigenvalue weighted by molar-refractivity contribution is 5.82. The van der Waals surface area contributed by atoms with Gasteiger partial charge < -0.3 is 0 Å². The van der Waals surface area contributed by atoms with Crippen LogP contribution in [0.15, 0.2) is 58.7 Å². The monoisotopic (exact) mass is 360 g/mol. The van der Waals surface area contributed by atoms with E-state index >= 15 is 0 Å². The first kappa shape index (κ1) is 19.5. The van der Waals surface area contributed by atoms with Gasteiger partial charge in [0.2, 0.25) is 0 Å². The first-order chi connectivity index (χ1) is 13.3. The maximum absolute atomic E-state index is 4.20. The molecular weight excluding hydrogens is 328 g/mol. The molecule has 2 heteroatoms. The number of nitrogens with zero attached hydrogens (tertiary/aromatic N) is 2. The molecule has 0 aliphatic heterocycles. The number of hydrogen-bond donors (Lipinski definition) is 0. The molecule has 1 aliphatic carbocycles. The number of hydrogen-bond acceptors (Lipinski definition) is 2. The highest BCUT2D eigenvalue weighted by atomic mass is 15.2. The summed E-state index contributed by atoms with van der Waals surface area (Å²) in [6.45, 7) is 4.52. The van der Waals surface area contributed by atoms with Crippen LogP contribution >= 0.6 is 0 Å². The van der Waals surface area contributed by atoms with Gasteiger partial charge in [0, 0.05) is 0 Å². The third-order valence-electron chi connectivity index (χ3n) is 5.83. The zero-order valence-electron chi connectivity index (χ0n) is 16.8. The molecule has 0 N–H and O–H groups in total. The zero-order chi connectivity index (χ0) is 18.9. The fourth-order valence-electron chi connectivity index (χ4n) is 4.02. The van der Waals surface area contributed by atoms with E-state index < -0.39 is 0 Å². The summed E-state index contributed by atoms with van der Waals surface area (Å²) in [5.41, 5.74) is 5.06. The third kappa shape index (κ3) is 5.89. The van der Waals surface area contributed by atoms with Crippen LogP contribution in [-0.4, -0.2) is 12.4 Å². The van der Waals surface area contributed by atoms with Gasteiger partial charge in [-0.05, 0) is 66.2 Å².